The lowest BCUT2D eigenvalue weighted by molar-refractivity contribution is -0.0627. The second-order valence-electron chi connectivity index (χ2n) is 12.2. The van der Waals surface area contributed by atoms with Gasteiger partial charge in [0.15, 0.2) is 0 Å². The first kappa shape index (κ1) is 23.8. The normalized spacial score (nSPS) is 32.0. The molecule has 3 aliphatic carbocycles. The van der Waals surface area contributed by atoms with E-state index >= 15 is 0 Å². The highest BCUT2D eigenvalue weighted by Gasteiger charge is 2.67. The van der Waals surface area contributed by atoms with Crippen molar-refractivity contribution in [2.45, 2.75) is 69.9 Å². The average Bonchev–Trinajstić information content (AvgIpc) is 3.61. The number of nitrogens with zero attached hydrogens (tertiary/aromatic N) is 3. The van der Waals surface area contributed by atoms with Gasteiger partial charge in [-0.15, -0.1) is 0 Å². The molecule has 2 aromatic rings. The van der Waals surface area contributed by atoms with Crippen molar-refractivity contribution in [2.24, 2.45) is 24.3 Å². The summed E-state index contributed by atoms with van der Waals surface area (Å²) >= 11 is 0. The molecule has 1 aliphatic heterocycles. The zero-order valence-corrected chi connectivity index (χ0v) is 22.0. The molecular weight excluding hydrogens is 450 g/mol. The third kappa shape index (κ3) is 3.26. The molecule has 0 radical (unpaired) electrons. The van der Waals surface area contributed by atoms with Gasteiger partial charge >= 0.3 is 0 Å². The van der Waals surface area contributed by atoms with Crippen LogP contribution in [-0.2, 0) is 18.9 Å². The Kier molecular flexibility index (Phi) is 5.42. The predicted molar refractivity (Wildman–Crippen MR) is 140 cm³/mol. The lowest BCUT2D eigenvalue weighted by Crippen LogP contribution is -2.67. The molecule has 1 aromatic carbocycles. The van der Waals surface area contributed by atoms with Gasteiger partial charge in [-0.1, -0.05) is 19.1 Å². The second-order valence-corrected chi connectivity index (χ2v) is 12.2. The number of hydrogen-bond donors (Lipinski definition) is 1. The summed E-state index contributed by atoms with van der Waals surface area (Å²) in [5, 5.41) is 10.6. The molecule has 2 saturated carbocycles. The first-order valence-corrected chi connectivity index (χ1v) is 13.7. The van der Waals surface area contributed by atoms with Crippen LogP contribution >= 0.6 is 0 Å². The van der Waals surface area contributed by atoms with Crippen molar-refractivity contribution in [3.8, 4) is 5.75 Å². The molecule has 1 aromatic heterocycles. The number of pyridine rings is 1. The van der Waals surface area contributed by atoms with Gasteiger partial charge in [0.05, 0.1) is 0 Å². The van der Waals surface area contributed by atoms with Crippen LogP contribution in [0.5, 0.6) is 5.75 Å². The van der Waals surface area contributed by atoms with Crippen LogP contribution in [0.15, 0.2) is 41.2 Å². The van der Waals surface area contributed by atoms with Crippen molar-refractivity contribution in [1.82, 2.24) is 14.4 Å². The highest BCUT2D eigenvalue weighted by molar-refractivity contribution is 5.92. The van der Waals surface area contributed by atoms with E-state index in [2.05, 4.69) is 24.8 Å². The van der Waals surface area contributed by atoms with Crippen LogP contribution in [0, 0.1) is 17.3 Å². The molecule has 6 nitrogen and oxygen atoms in total. The molecule has 36 heavy (non-hydrogen) atoms. The zero-order chi connectivity index (χ0) is 25.4. The van der Waals surface area contributed by atoms with E-state index in [9.17, 15) is 14.7 Å². The van der Waals surface area contributed by atoms with Crippen molar-refractivity contribution >= 4 is 5.91 Å². The van der Waals surface area contributed by atoms with Gasteiger partial charge < -0.3 is 14.6 Å². The molecule has 2 bridgehead atoms. The van der Waals surface area contributed by atoms with Crippen molar-refractivity contribution < 1.29 is 9.90 Å². The quantitative estimate of drug-likeness (QED) is 0.691. The number of rotatable bonds is 5. The van der Waals surface area contributed by atoms with E-state index in [0.29, 0.717) is 17.5 Å². The van der Waals surface area contributed by atoms with E-state index in [4.69, 9.17) is 0 Å². The number of phenolic OH excluding ortho intramolecular Hbond substituents is 1. The molecule has 0 spiro atoms. The fourth-order valence-electron chi connectivity index (χ4n) is 8.44. The number of aromatic hydroxyl groups is 1. The molecule has 4 aliphatic rings. The minimum atomic E-state index is -0.170. The van der Waals surface area contributed by atoms with Gasteiger partial charge in [-0.3, -0.25) is 14.5 Å². The van der Waals surface area contributed by atoms with E-state index in [0.717, 1.165) is 38.1 Å². The van der Waals surface area contributed by atoms with Gasteiger partial charge in [-0.25, -0.2) is 0 Å². The average molecular weight is 490 g/mol. The lowest BCUT2D eigenvalue weighted by atomic mass is 9.48. The number of hydrogen-bond acceptors (Lipinski definition) is 4. The summed E-state index contributed by atoms with van der Waals surface area (Å²) in [7, 11) is 3.56. The Morgan fingerprint density at radius 1 is 1.19 bits per heavy atom. The third-order valence-corrected chi connectivity index (χ3v) is 10.7. The number of benzene rings is 1. The summed E-state index contributed by atoms with van der Waals surface area (Å²) in [5.41, 5.74) is 2.96. The monoisotopic (exact) mass is 489 g/mol. The largest absolute Gasteiger partial charge is 0.508 e. The maximum Gasteiger partial charge on any atom is 0.270 e. The second kappa shape index (κ2) is 8.20. The minimum absolute atomic E-state index is 0.00133. The Labute approximate surface area is 213 Å². The van der Waals surface area contributed by atoms with Gasteiger partial charge in [0, 0.05) is 44.2 Å². The maximum atomic E-state index is 13.6. The summed E-state index contributed by atoms with van der Waals surface area (Å²) in [6.45, 7) is 6.98. The van der Waals surface area contributed by atoms with Crippen LogP contribution in [0.25, 0.3) is 0 Å². The molecule has 6 rings (SSSR count). The molecule has 2 heterocycles. The lowest BCUT2D eigenvalue weighted by Gasteiger charge is -2.63. The van der Waals surface area contributed by atoms with E-state index in [-0.39, 0.29) is 34.3 Å². The summed E-state index contributed by atoms with van der Waals surface area (Å²) in [4.78, 5) is 30.5. The van der Waals surface area contributed by atoms with Gasteiger partial charge in [0.2, 0.25) is 0 Å². The SMILES string of the molecule is CC(C1CCC2(C)C3Cc4ccc(O)cc4C12CCN3CC1CC1)N(C)C(=O)c1cccc(=O)n1C. The van der Waals surface area contributed by atoms with Gasteiger partial charge in [-0.2, -0.15) is 0 Å². The number of piperidine rings is 1. The molecule has 5 unspecified atom stereocenters. The number of aromatic nitrogens is 1. The van der Waals surface area contributed by atoms with E-state index in [1.54, 1.807) is 19.2 Å². The Bertz CT molecular complexity index is 1270. The van der Waals surface area contributed by atoms with E-state index in [1.807, 2.05) is 24.1 Å². The van der Waals surface area contributed by atoms with Crippen LogP contribution in [0.3, 0.4) is 0 Å². The van der Waals surface area contributed by atoms with Crippen molar-refractivity contribution in [2.75, 3.05) is 20.1 Å². The zero-order valence-electron chi connectivity index (χ0n) is 22.0. The van der Waals surface area contributed by atoms with Gasteiger partial charge in [-0.05, 0) is 98.6 Å². The minimum Gasteiger partial charge on any atom is -0.508 e. The van der Waals surface area contributed by atoms with Crippen molar-refractivity contribution in [3.63, 3.8) is 0 Å². The van der Waals surface area contributed by atoms with Crippen molar-refractivity contribution in [1.29, 1.82) is 0 Å². The Morgan fingerprint density at radius 2 is 1.97 bits per heavy atom. The molecule has 1 saturated heterocycles. The first-order valence-electron chi connectivity index (χ1n) is 13.7. The summed E-state index contributed by atoms with van der Waals surface area (Å²) in [5.74, 6) is 1.37. The van der Waals surface area contributed by atoms with Gasteiger partial charge in [0.25, 0.3) is 11.5 Å². The highest BCUT2D eigenvalue weighted by atomic mass is 16.3. The molecular formula is C30H39N3O3. The molecule has 5 atom stereocenters. The van der Waals surface area contributed by atoms with Crippen LogP contribution < -0.4 is 5.56 Å². The Morgan fingerprint density at radius 3 is 2.72 bits per heavy atom. The van der Waals surface area contributed by atoms with Crippen LogP contribution in [0.4, 0.5) is 0 Å². The van der Waals surface area contributed by atoms with Crippen LogP contribution in [-0.4, -0.2) is 57.6 Å². The smallest absolute Gasteiger partial charge is 0.270 e. The summed E-state index contributed by atoms with van der Waals surface area (Å²) in [6.07, 6.45) is 7.03. The summed E-state index contributed by atoms with van der Waals surface area (Å²) < 4.78 is 1.45. The van der Waals surface area contributed by atoms with Crippen LogP contribution in [0.2, 0.25) is 0 Å². The highest BCUT2D eigenvalue weighted by Crippen LogP contribution is 2.68. The Balaban J connectivity index is 1.41. The molecule has 6 heteroatoms. The molecule has 192 valence electrons. The number of likely N-dealkylation sites (tertiary alicyclic amines) is 1. The third-order valence-electron chi connectivity index (χ3n) is 10.7. The predicted octanol–water partition coefficient (Wildman–Crippen LogP) is 3.95. The fourth-order valence-corrected chi connectivity index (χ4v) is 8.44. The standard InChI is InChI=1S/C30H39N3O3/c1-19(31(3)28(36)25-6-5-7-27(35)32(25)4)23-12-13-29(2)26-16-21-10-11-22(34)17-24(21)30(23,29)14-15-33(26)18-20-8-9-20/h5-7,10-11,17,19-20,23,26,34H,8-9,12-16,18H2,1-4H3. The number of phenols is 1. The number of carbonyl (C=O) groups excluding carboxylic acids is 1. The van der Waals surface area contributed by atoms with Gasteiger partial charge in [0.1, 0.15) is 11.4 Å². The maximum absolute atomic E-state index is 13.6. The van der Waals surface area contributed by atoms with E-state index in [1.165, 1.54) is 41.1 Å². The summed E-state index contributed by atoms with van der Waals surface area (Å²) in [6, 6.07) is 11.4. The topological polar surface area (TPSA) is 65.8 Å². The fraction of sp³-hybridized carbons (Fsp3) is 0.600. The number of amides is 1. The molecule has 1 amide bonds. The van der Waals surface area contributed by atoms with Crippen molar-refractivity contribution in [3.05, 3.63) is 63.6 Å². The first-order chi connectivity index (χ1) is 17.2. The molecule has 3 fully saturated rings. The Hall–Kier alpha value is -2.60. The number of fused-ring (bicyclic) bond motifs is 1. The van der Waals surface area contributed by atoms with Crippen LogP contribution in [0.1, 0.15) is 67.6 Å². The molecule has 1 N–H and O–H groups in total. The van der Waals surface area contributed by atoms with E-state index < -0.39 is 0 Å². The number of carbonyl (C=O) groups is 1.